The SMILES string of the molecule is COc1ccc(C(N)=O)cc1NC(=O)c1ccoc1Cl. The lowest BCUT2D eigenvalue weighted by atomic mass is 10.1. The summed E-state index contributed by atoms with van der Waals surface area (Å²) in [6.07, 6.45) is 1.30. The van der Waals surface area contributed by atoms with Gasteiger partial charge in [-0.1, -0.05) is 0 Å². The van der Waals surface area contributed by atoms with Gasteiger partial charge in [0.15, 0.2) is 0 Å². The molecule has 2 aromatic rings. The van der Waals surface area contributed by atoms with Crippen LogP contribution in [0.25, 0.3) is 0 Å². The van der Waals surface area contributed by atoms with Crippen LogP contribution in [0.2, 0.25) is 5.22 Å². The molecule has 3 N–H and O–H groups in total. The molecule has 0 spiro atoms. The van der Waals surface area contributed by atoms with E-state index >= 15 is 0 Å². The minimum Gasteiger partial charge on any atom is -0.495 e. The van der Waals surface area contributed by atoms with Gasteiger partial charge in [0.05, 0.1) is 24.6 Å². The first-order chi connectivity index (χ1) is 9.52. The summed E-state index contributed by atoms with van der Waals surface area (Å²) in [7, 11) is 1.44. The second-order valence-corrected chi connectivity index (χ2v) is 4.18. The Hall–Kier alpha value is -2.47. The summed E-state index contributed by atoms with van der Waals surface area (Å²) in [5, 5.41) is 2.56. The average molecular weight is 295 g/mol. The zero-order valence-electron chi connectivity index (χ0n) is 10.5. The van der Waals surface area contributed by atoms with Gasteiger partial charge in [-0.05, 0) is 35.9 Å². The summed E-state index contributed by atoms with van der Waals surface area (Å²) in [6, 6.07) is 5.89. The standard InChI is InChI=1S/C13H11ClN2O4/c1-19-10-3-2-7(12(15)17)6-9(10)16-13(18)8-4-5-20-11(8)14/h2-6H,1H3,(H2,15,17)(H,16,18). The van der Waals surface area contributed by atoms with Gasteiger partial charge < -0.3 is 20.2 Å². The smallest absolute Gasteiger partial charge is 0.260 e. The number of primary amides is 1. The van der Waals surface area contributed by atoms with Crippen molar-refractivity contribution in [2.75, 3.05) is 12.4 Å². The fraction of sp³-hybridized carbons (Fsp3) is 0.0769. The second-order valence-electron chi connectivity index (χ2n) is 3.84. The molecule has 0 saturated carbocycles. The third kappa shape index (κ3) is 2.75. The number of furan rings is 1. The molecule has 0 atom stereocenters. The van der Waals surface area contributed by atoms with Crippen molar-refractivity contribution >= 4 is 29.1 Å². The first-order valence-electron chi connectivity index (χ1n) is 5.55. The number of carbonyl (C=O) groups is 2. The van der Waals surface area contributed by atoms with Crippen LogP contribution in [0.3, 0.4) is 0 Å². The average Bonchev–Trinajstić information content (AvgIpc) is 2.84. The monoisotopic (exact) mass is 294 g/mol. The van der Waals surface area contributed by atoms with Crippen molar-refractivity contribution in [2.45, 2.75) is 0 Å². The Labute approximate surface area is 119 Å². The second kappa shape index (κ2) is 5.66. The Morgan fingerprint density at radius 1 is 1.35 bits per heavy atom. The summed E-state index contributed by atoms with van der Waals surface area (Å²) in [5.41, 5.74) is 5.93. The van der Waals surface area contributed by atoms with Crippen molar-refractivity contribution in [1.29, 1.82) is 0 Å². The number of methoxy groups -OCH3 is 1. The van der Waals surface area contributed by atoms with Crippen LogP contribution in [-0.2, 0) is 0 Å². The fourth-order valence-corrected chi connectivity index (χ4v) is 1.80. The van der Waals surface area contributed by atoms with Gasteiger partial charge in [0.1, 0.15) is 5.75 Å². The van der Waals surface area contributed by atoms with E-state index in [9.17, 15) is 9.59 Å². The molecule has 0 unspecified atom stereocenters. The third-order valence-electron chi connectivity index (χ3n) is 2.59. The quantitative estimate of drug-likeness (QED) is 0.904. The van der Waals surface area contributed by atoms with E-state index in [1.807, 2.05) is 0 Å². The lowest BCUT2D eigenvalue weighted by molar-refractivity contribution is 0.0996. The van der Waals surface area contributed by atoms with Crippen molar-refractivity contribution in [2.24, 2.45) is 5.73 Å². The van der Waals surface area contributed by atoms with Gasteiger partial charge in [0.25, 0.3) is 5.91 Å². The molecule has 0 fully saturated rings. The van der Waals surface area contributed by atoms with Crippen LogP contribution in [0.15, 0.2) is 34.9 Å². The molecule has 104 valence electrons. The molecular formula is C13H11ClN2O4. The summed E-state index contributed by atoms with van der Waals surface area (Å²) in [4.78, 5) is 23.2. The Bertz CT molecular complexity index is 666. The molecule has 0 aliphatic carbocycles. The molecule has 2 rings (SSSR count). The zero-order chi connectivity index (χ0) is 14.7. The number of rotatable bonds is 4. The van der Waals surface area contributed by atoms with Crippen LogP contribution < -0.4 is 15.8 Å². The number of benzene rings is 1. The molecule has 1 heterocycles. The van der Waals surface area contributed by atoms with E-state index in [0.29, 0.717) is 11.4 Å². The van der Waals surface area contributed by atoms with E-state index in [1.54, 1.807) is 0 Å². The maximum absolute atomic E-state index is 12.0. The van der Waals surface area contributed by atoms with Gasteiger partial charge in [0, 0.05) is 5.56 Å². The molecule has 0 aliphatic heterocycles. The topological polar surface area (TPSA) is 94.6 Å². The lowest BCUT2D eigenvalue weighted by Gasteiger charge is -2.10. The van der Waals surface area contributed by atoms with E-state index in [-0.39, 0.29) is 16.3 Å². The molecule has 20 heavy (non-hydrogen) atoms. The highest BCUT2D eigenvalue weighted by atomic mass is 35.5. The number of nitrogens with two attached hydrogens (primary N) is 1. The Balaban J connectivity index is 2.32. The molecule has 0 radical (unpaired) electrons. The largest absolute Gasteiger partial charge is 0.495 e. The molecule has 7 heteroatoms. The number of amides is 2. The minimum atomic E-state index is -0.607. The van der Waals surface area contributed by atoms with Gasteiger partial charge in [-0.15, -0.1) is 0 Å². The van der Waals surface area contributed by atoms with Crippen molar-refractivity contribution < 1.29 is 18.7 Å². The van der Waals surface area contributed by atoms with E-state index in [2.05, 4.69) is 5.32 Å². The van der Waals surface area contributed by atoms with E-state index < -0.39 is 11.8 Å². The van der Waals surface area contributed by atoms with Crippen LogP contribution in [0.1, 0.15) is 20.7 Å². The van der Waals surface area contributed by atoms with Crippen molar-refractivity contribution in [3.63, 3.8) is 0 Å². The molecular weight excluding hydrogens is 284 g/mol. The highest BCUT2D eigenvalue weighted by molar-refractivity contribution is 6.32. The Kier molecular flexibility index (Phi) is 3.95. The number of halogens is 1. The van der Waals surface area contributed by atoms with Crippen LogP contribution >= 0.6 is 11.6 Å². The van der Waals surface area contributed by atoms with Gasteiger partial charge in [-0.25, -0.2) is 0 Å². The highest BCUT2D eigenvalue weighted by Gasteiger charge is 2.16. The van der Waals surface area contributed by atoms with Crippen molar-refractivity contribution in [3.05, 3.63) is 46.9 Å². The first-order valence-corrected chi connectivity index (χ1v) is 5.93. The fourth-order valence-electron chi connectivity index (χ4n) is 1.60. The van der Waals surface area contributed by atoms with Gasteiger partial charge >= 0.3 is 0 Å². The van der Waals surface area contributed by atoms with Crippen molar-refractivity contribution in [1.82, 2.24) is 0 Å². The normalized spacial score (nSPS) is 10.1. The van der Waals surface area contributed by atoms with E-state index in [1.165, 1.54) is 37.6 Å². The summed E-state index contributed by atoms with van der Waals surface area (Å²) < 4.78 is 9.95. The number of nitrogens with one attached hydrogen (secondary N) is 1. The molecule has 0 aliphatic rings. The van der Waals surface area contributed by atoms with Crippen molar-refractivity contribution in [3.8, 4) is 5.75 Å². The number of hydrogen-bond donors (Lipinski definition) is 2. The summed E-state index contributed by atoms with van der Waals surface area (Å²) in [6.45, 7) is 0. The molecule has 1 aromatic heterocycles. The first kappa shape index (κ1) is 14.0. The Morgan fingerprint density at radius 2 is 2.10 bits per heavy atom. The van der Waals surface area contributed by atoms with Gasteiger partial charge in [-0.3, -0.25) is 9.59 Å². The van der Waals surface area contributed by atoms with Crippen LogP contribution in [0, 0.1) is 0 Å². The van der Waals surface area contributed by atoms with Crippen LogP contribution in [0.5, 0.6) is 5.75 Å². The van der Waals surface area contributed by atoms with Gasteiger partial charge in [0.2, 0.25) is 11.1 Å². The molecule has 6 nitrogen and oxygen atoms in total. The zero-order valence-corrected chi connectivity index (χ0v) is 11.2. The number of anilines is 1. The molecule has 0 saturated heterocycles. The maximum Gasteiger partial charge on any atom is 0.260 e. The maximum atomic E-state index is 12.0. The summed E-state index contributed by atoms with van der Waals surface area (Å²) >= 11 is 5.72. The van der Waals surface area contributed by atoms with Gasteiger partial charge in [-0.2, -0.15) is 0 Å². The predicted molar refractivity (Wildman–Crippen MR) is 73.2 cm³/mol. The number of hydrogen-bond acceptors (Lipinski definition) is 4. The molecule has 2 amide bonds. The van der Waals surface area contributed by atoms with Crippen LogP contribution in [-0.4, -0.2) is 18.9 Å². The molecule has 0 bridgehead atoms. The number of ether oxygens (including phenoxy) is 1. The number of carbonyl (C=O) groups excluding carboxylic acids is 2. The van der Waals surface area contributed by atoms with E-state index in [4.69, 9.17) is 26.5 Å². The summed E-state index contributed by atoms with van der Waals surface area (Å²) in [5.74, 6) is -0.698. The molecule has 1 aromatic carbocycles. The third-order valence-corrected chi connectivity index (χ3v) is 2.89. The Morgan fingerprint density at radius 3 is 2.65 bits per heavy atom. The lowest BCUT2D eigenvalue weighted by Crippen LogP contribution is -2.15. The predicted octanol–water partition coefficient (Wildman–Crippen LogP) is 2.29. The minimum absolute atomic E-state index is 0.0208. The highest BCUT2D eigenvalue weighted by Crippen LogP contribution is 2.27. The van der Waals surface area contributed by atoms with E-state index in [0.717, 1.165) is 0 Å². The van der Waals surface area contributed by atoms with Crippen LogP contribution in [0.4, 0.5) is 5.69 Å².